The molecule has 4 heteroatoms. The zero-order chi connectivity index (χ0) is 12.5. The molecule has 1 atom stereocenters. The molecule has 0 amide bonds. The molecule has 1 aliphatic carbocycles. The minimum absolute atomic E-state index is 0.223. The lowest BCUT2D eigenvalue weighted by molar-refractivity contribution is 0.412. The number of imidazole rings is 1. The lowest BCUT2D eigenvalue weighted by Crippen LogP contribution is -2.19. The van der Waals surface area contributed by atoms with Gasteiger partial charge in [-0.2, -0.15) is 0 Å². The van der Waals surface area contributed by atoms with Gasteiger partial charge in [0, 0.05) is 18.8 Å². The van der Waals surface area contributed by atoms with Crippen molar-refractivity contribution in [3.63, 3.8) is 0 Å². The van der Waals surface area contributed by atoms with Crippen molar-refractivity contribution in [1.29, 1.82) is 0 Å². The van der Waals surface area contributed by atoms with Gasteiger partial charge < -0.3 is 14.3 Å². The smallest absolute Gasteiger partial charge is 0.120 e. The Morgan fingerprint density at radius 3 is 3.00 bits per heavy atom. The molecule has 0 spiro atoms. The van der Waals surface area contributed by atoms with Crippen LogP contribution in [0.5, 0.6) is 0 Å². The molecule has 1 N–H and O–H groups in total. The zero-order valence-electron chi connectivity index (χ0n) is 10.9. The number of rotatable bonds is 5. The van der Waals surface area contributed by atoms with Gasteiger partial charge in [0.15, 0.2) is 0 Å². The van der Waals surface area contributed by atoms with Gasteiger partial charge in [-0.1, -0.05) is 0 Å². The van der Waals surface area contributed by atoms with Crippen LogP contribution in [0.2, 0.25) is 0 Å². The maximum absolute atomic E-state index is 5.62. The van der Waals surface area contributed by atoms with Crippen LogP contribution in [0.4, 0.5) is 0 Å². The summed E-state index contributed by atoms with van der Waals surface area (Å²) in [6.07, 6.45) is 6.47. The van der Waals surface area contributed by atoms with Gasteiger partial charge in [0.25, 0.3) is 0 Å². The number of hydrogen-bond donors (Lipinski definition) is 1. The van der Waals surface area contributed by atoms with E-state index in [2.05, 4.69) is 21.8 Å². The molecule has 0 saturated heterocycles. The summed E-state index contributed by atoms with van der Waals surface area (Å²) in [5, 5.41) is 3.48. The van der Waals surface area contributed by atoms with Crippen molar-refractivity contribution in [1.82, 2.24) is 14.9 Å². The van der Waals surface area contributed by atoms with Crippen molar-refractivity contribution < 1.29 is 4.42 Å². The van der Waals surface area contributed by atoms with Crippen LogP contribution in [0, 0.1) is 6.92 Å². The molecule has 0 radical (unpaired) electrons. The molecule has 1 aliphatic rings. The minimum Gasteiger partial charge on any atom is -0.465 e. The van der Waals surface area contributed by atoms with Crippen molar-refractivity contribution >= 4 is 0 Å². The Bertz CT molecular complexity index is 525. The SMILES string of the molecule is Cc1ccc(C(C)NCc2cncn2C2CC2)o1. The summed E-state index contributed by atoms with van der Waals surface area (Å²) in [4.78, 5) is 4.24. The second-order valence-corrected chi connectivity index (χ2v) is 5.07. The van der Waals surface area contributed by atoms with Crippen molar-refractivity contribution in [2.75, 3.05) is 0 Å². The van der Waals surface area contributed by atoms with Gasteiger partial charge in [-0.3, -0.25) is 0 Å². The average molecular weight is 245 g/mol. The number of nitrogens with zero attached hydrogens (tertiary/aromatic N) is 2. The molecule has 1 fully saturated rings. The Morgan fingerprint density at radius 2 is 2.33 bits per heavy atom. The van der Waals surface area contributed by atoms with Gasteiger partial charge in [-0.15, -0.1) is 0 Å². The molecule has 1 unspecified atom stereocenters. The van der Waals surface area contributed by atoms with Gasteiger partial charge in [0.05, 0.1) is 18.1 Å². The van der Waals surface area contributed by atoms with Crippen LogP contribution in [-0.2, 0) is 6.54 Å². The third kappa shape index (κ3) is 2.34. The van der Waals surface area contributed by atoms with E-state index in [0.29, 0.717) is 6.04 Å². The predicted molar refractivity (Wildman–Crippen MR) is 69.2 cm³/mol. The fourth-order valence-corrected chi connectivity index (χ4v) is 2.19. The number of nitrogens with one attached hydrogen (secondary N) is 1. The highest BCUT2D eigenvalue weighted by Crippen LogP contribution is 2.35. The van der Waals surface area contributed by atoms with Gasteiger partial charge in [-0.05, 0) is 38.8 Å². The summed E-state index contributed by atoms with van der Waals surface area (Å²) in [7, 11) is 0. The summed E-state index contributed by atoms with van der Waals surface area (Å²) < 4.78 is 7.91. The first kappa shape index (κ1) is 11.5. The van der Waals surface area contributed by atoms with Crippen molar-refractivity contribution in [3.05, 3.63) is 41.9 Å². The highest BCUT2D eigenvalue weighted by molar-refractivity contribution is 5.10. The van der Waals surface area contributed by atoms with Gasteiger partial charge in [0.2, 0.25) is 0 Å². The van der Waals surface area contributed by atoms with Crippen molar-refractivity contribution in [2.24, 2.45) is 0 Å². The van der Waals surface area contributed by atoms with Gasteiger partial charge in [0.1, 0.15) is 11.5 Å². The van der Waals surface area contributed by atoms with Crippen LogP contribution in [0.3, 0.4) is 0 Å². The van der Waals surface area contributed by atoms with E-state index < -0.39 is 0 Å². The maximum atomic E-state index is 5.62. The lowest BCUT2D eigenvalue weighted by Gasteiger charge is -2.12. The molecule has 96 valence electrons. The Hall–Kier alpha value is -1.55. The van der Waals surface area contributed by atoms with Crippen molar-refractivity contribution in [2.45, 2.75) is 45.3 Å². The quantitative estimate of drug-likeness (QED) is 0.880. The summed E-state index contributed by atoms with van der Waals surface area (Å²) in [6.45, 7) is 4.92. The van der Waals surface area contributed by atoms with E-state index in [1.807, 2.05) is 31.6 Å². The van der Waals surface area contributed by atoms with E-state index in [1.165, 1.54) is 18.5 Å². The van der Waals surface area contributed by atoms with E-state index in [1.54, 1.807) is 0 Å². The highest BCUT2D eigenvalue weighted by atomic mass is 16.3. The number of aromatic nitrogens is 2. The monoisotopic (exact) mass is 245 g/mol. The van der Waals surface area contributed by atoms with E-state index in [4.69, 9.17) is 4.42 Å². The van der Waals surface area contributed by atoms with E-state index in [-0.39, 0.29) is 6.04 Å². The molecule has 2 heterocycles. The van der Waals surface area contributed by atoms with Gasteiger partial charge in [-0.25, -0.2) is 4.98 Å². The Balaban J connectivity index is 1.61. The molecule has 2 aromatic heterocycles. The summed E-state index contributed by atoms with van der Waals surface area (Å²) in [5.41, 5.74) is 1.26. The van der Waals surface area contributed by atoms with Crippen molar-refractivity contribution in [3.8, 4) is 0 Å². The molecule has 1 saturated carbocycles. The number of hydrogen-bond acceptors (Lipinski definition) is 3. The van der Waals surface area contributed by atoms with Crippen LogP contribution in [0.25, 0.3) is 0 Å². The first-order valence-electron chi connectivity index (χ1n) is 6.54. The molecule has 4 nitrogen and oxygen atoms in total. The average Bonchev–Trinajstić information content (AvgIpc) is 2.94. The molecule has 3 rings (SSSR count). The van der Waals surface area contributed by atoms with Gasteiger partial charge >= 0.3 is 0 Å². The molecular formula is C14H19N3O. The summed E-state index contributed by atoms with van der Waals surface area (Å²) in [5.74, 6) is 1.95. The first-order chi connectivity index (χ1) is 8.74. The first-order valence-corrected chi connectivity index (χ1v) is 6.54. The Morgan fingerprint density at radius 1 is 1.50 bits per heavy atom. The van der Waals surface area contributed by atoms with Crippen LogP contribution in [-0.4, -0.2) is 9.55 Å². The molecule has 0 aromatic carbocycles. The normalized spacial score (nSPS) is 17.0. The lowest BCUT2D eigenvalue weighted by atomic mass is 10.2. The minimum atomic E-state index is 0.223. The Labute approximate surface area is 107 Å². The second kappa shape index (κ2) is 4.61. The van der Waals surface area contributed by atoms with Crippen LogP contribution >= 0.6 is 0 Å². The van der Waals surface area contributed by atoms with Crippen LogP contribution in [0.1, 0.15) is 49.1 Å². The molecule has 0 bridgehead atoms. The number of aryl methyl sites for hydroxylation is 1. The standard InChI is InChI=1S/C14H19N3O/c1-10-3-6-14(18-10)11(2)16-8-13-7-15-9-17(13)12-4-5-12/h3,6-7,9,11-12,16H,4-5,8H2,1-2H3. The molecule has 0 aliphatic heterocycles. The van der Waals surface area contributed by atoms with E-state index in [0.717, 1.165) is 18.1 Å². The second-order valence-electron chi connectivity index (χ2n) is 5.07. The Kier molecular flexibility index (Phi) is 2.96. The molecule has 2 aromatic rings. The largest absolute Gasteiger partial charge is 0.465 e. The predicted octanol–water partition coefficient (Wildman–Crippen LogP) is 2.97. The number of furan rings is 1. The topological polar surface area (TPSA) is 43.0 Å². The molecular weight excluding hydrogens is 226 g/mol. The summed E-state index contributed by atoms with van der Waals surface area (Å²) >= 11 is 0. The molecule has 18 heavy (non-hydrogen) atoms. The zero-order valence-corrected chi connectivity index (χ0v) is 10.9. The fourth-order valence-electron chi connectivity index (χ4n) is 2.19. The van der Waals surface area contributed by atoms with E-state index in [9.17, 15) is 0 Å². The highest BCUT2D eigenvalue weighted by Gasteiger charge is 2.25. The third-order valence-corrected chi connectivity index (χ3v) is 3.46. The summed E-state index contributed by atoms with van der Waals surface area (Å²) in [6, 6.07) is 4.94. The van der Waals surface area contributed by atoms with E-state index >= 15 is 0 Å². The van der Waals surface area contributed by atoms with Crippen LogP contribution in [0.15, 0.2) is 29.1 Å². The fraction of sp³-hybridized carbons (Fsp3) is 0.500. The third-order valence-electron chi connectivity index (χ3n) is 3.46. The van der Waals surface area contributed by atoms with Crippen LogP contribution < -0.4 is 5.32 Å². The maximum Gasteiger partial charge on any atom is 0.120 e.